The van der Waals surface area contributed by atoms with Gasteiger partial charge >= 0.3 is 5.69 Å². The number of hydrogen-bond acceptors (Lipinski definition) is 4. The Morgan fingerprint density at radius 1 is 1.40 bits per heavy atom. The molecule has 2 aromatic heterocycles. The molecule has 0 amide bonds. The standard InChI is InChI=1S/C13H8BrN5O/c14-11-5-9(6-15)1-2-10(11)8-19-13(20)18-4-3-16-7-12(18)17-19/h1-5,7H,8H2. The van der Waals surface area contributed by atoms with Gasteiger partial charge in [0.15, 0.2) is 5.65 Å². The summed E-state index contributed by atoms with van der Waals surface area (Å²) in [5.74, 6) is 0. The minimum atomic E-state index is -0.223. The average Bonchev–Trinajstić information content (AvgIpc) is 2.78. The Bertz CT molecular complexity index is 890. The van der Waals surface area contributed by atoms with E-state index >= 15 is 0 Å². The van der Waals surface area contributed by atoms with Gasteiger partial charge in [0.2, 0.25) is 0 Å². The van der Waals surface area contributed by atoms with Gasteiger partial charge in [-0.25, -0.2) is 13.9 Å². The monoisotopic (exact) mass is 329 g/mol. The zero-order valence-electron chi connectivity index (χ0n) is 10.2. The normalized spacial score (nSPS) is 10.6. The maximum absolute atomic E-state index is 12.1. The molecule has 3 aromatic rings. The summed E-state index contributed by atoms with van der Waals surface area (Å²) in [6, 6.07) is 7.30. The number of hydrogen-bond donors (Lipinski definition) is 0. The zero-order chi connectivity index (χ0) is 14.1. The van der Waals surface area contributed by atoms with Gasteiger partial charge in [0.1, 0.15) is 0 Å². The molecule has 0 aliphatic carbocycles. The van der Waals surface area contributed by atoms with E-state index in [-0.39, 0.29) is 5.69 Å². The molecule has 0 saturated carbocycles. The quantitative estimate of drug-likeness (QED) is 0.715. The maximum atomic E-state index is 12.1. The van der Waals surface area contributed by atoms with Crippen LogP contribution in [-0.4, -0.2) is 19.2 Å². The third kappa shape index (κ3) is 2.10. The molecule has 98 valence electrons. The van der Waals surface area contributed by atoms with E-state index in [1.807, 2.05) is 0 Å². The van der Waals surface area contributed by atoms with Crippen LogP contribution >= 0.6 is 15.9 Å². The Morgan fingerprint density at radius 3 is 2.95 bits per heavy atom. The molecule has 7 heteroatoms. The molecule has 20 heavy (non-hydrogen) atoms. The van der Waals surface area contributed by atoms with Crippen LogP contribution in [0.4, 0.5) is 0 Å². The average molecular weight is 330 g/mol. The molecule has 0 aliphatic rings. The fraction of sp³-hybridized carbons (Fsp3) is 0.0769. The number of benzene rings is 1. The van der Waals surface area contributed by atoms with Gasteiger partial charge < -0.3 is 0 Å². The van der Waals surface area contributed by atoms with Crippen LogP contribution in [-0.2, 0) is 6.54 Å². The van der Waals surface area contributed by atoms with Gasteiger partial charge in [-0.3, -0.25) is 4.98 Å². The first-order valence-corrected chi connectivity index (χ1v) is 6.56. The van der Waals surface area contributed by atoms with Crippen LogP contribution in [0.25, 0.3) is 5.65 Å². The highest BCUT2D eigenvalue weighted by Gasteiger charge is 2.09. The van der Waals surface area contributed by atoms with Crippen LogP contribution in [0.1, 0.15) is 11.1 Å². The molecule has 0 atom stereocenters. The molecule has 0 radical (unpaired) electrons. The number of rotatable bonds is 2. The fourth-order valence-corrected chi connectivity index (χ4v) is 2.39. The van der Waals surface area contributed by atoms with E-state index in [1.165, 1.54) is 21.5 Å². The van der Waals surface area contributed by atoms with Crippen molar-refractivity contribution in [2.75, 3.05) is 0 Å². The summed E-state index contributed by atoms with van der Waals surface area (Å²) in [6.07, 6.45) is 4.65. The highest BCUT2D eigenvalue weighted by Crippen LogP contribution is 2.18. The van der Waals surface area contributed by atoms with Crippen LogP contribution < -0.4 is 5.69 Å². The van der Waals surface area contributed by atoms with Crippen LogP contribution in [0, 0.1) is 11.3 Å². The first-order chi connectivity index (χ1) is 9.69. The molecule has 0 saturated heterocycles. The van der Waals surface area contributed by atoms with Crippen molar-refractivity contribution in [1.82, 2.24) is 19.2 Å². The van der Waals surface area contributed by atoms with E-state index in [0.717, 1.165) is 10.0 Å². The van der Waals surface area contributed by atoms with Crippen LogP contribution in [0.5, 0.6) is 0 Å². The van der Waals surface area contributed by atoms with Crippen LogP contribution in [0.15, 0.2) is 46.1 Å². The highest BCUT2D eigenvalue weighted by atomic mass is 79.9. The summed E-state index contributed by atoms with van der Waals surface area (Å²) < 4.78 is 3.58. The summed E-state index contributed by atoms with van der Waals surface area (Å²) in [5, 5.41) is 13.0. The lowest BCUT2D eigenvalue weighted by atomic mass is 10.1. The second-order valence-corrected chi connectivity index (χ2v) is 5.02. The van der Waals surface area contributed by atoms with Gasteiger partial charge in [-0.05, 0) is 17.7 Å². The zero-order valence-corrected chi connectivity index (χ0v) is 11.8. The molecule has 0 N–H and O–H groups in total. The maximum Gasteiger partial charge on any atom is 0.350 e. The van der Waals surface area contributed by atoms with Crippen molar-refractivity contribution in [2.24, 2.45) is 0 Å². The van der Waals surface area contributed by atoms with E-state index in [9.17, 15) is 4.79 Å². The number of nitriles is 1. The van der Waals surface area contributed by atoms with E-state index in [1.54, 1.807) is 24.4 Å². The number of aromatic nitrogens is 4. The molecule has 2 heterocycles. The molecule has 1 aromatic carbocycles. The van der Waals surface area contributed by atoms with Crippen molar-refractivity contribution in [3.05, 3.63) is 62.9 Å². The molecule has 0 bridgehead atoms. The lowest BCUT2D eigenvalue weighted by Gasteiger charge is -2.03. The SMILES string of the molecule is N#Cc1ccc(Cn2nc3cnccn3c2=O)c(Br)c1. The minimum Gasteiger partial charge on any atom is -0.259 e. The van der Waals surface area contributed by atoms with E-state index in [0.29, 0.717) is 17.8 Å². The fourth-order valence-electron chi connectivity index (χ4n) is 1.89. The second kappa shape index (κ2) is 4.90. The third-order valence-electron chi connectivity index (χ3n) is 2.89. The van der Waals surface area contributed by atoms with Crippen molar-refractivity contribution in [1.29, 1.82) is 5.26 Å². The third-order valence-corrected chi connectivity index (χ3v) is 3.63. The van der Waals surface area contributed by atoms with E-state index in [2.05, 4.69) is 32.1 Å². The van der Waals surface area contributed by atoms with Gasteiger partial charge in [0.05, 0.1) is 24.4 Å². The lowest BCUT2D eigenvalue weighted by molar-refractivity contribution is 0.657. The first-order valence-electron chi connectivity index (χ1n) is 5.77. The van der Waals surface area contributed by atoms with Crippen molar-refractivity contribution in [3.63, 3.8) is 0 Å². The summed E-state index contributed by atoms with van der Waals surface area (Å²) in [7, 11) is 0. The summed E-state index contributed by atoms with van der Waals surface area (Å²) in [4.78, 5) is 16.1. The largest absolute Gasteiger partial charge is 0.350 e. The summed E-state index contributed by atoms with van der Waals surface area (Å²) >= 11 is 3.40. The van der Waals surface area contributed by atoms with E-state index in [4.69, 9.17) is 5.26 Å². The smallest absolute Gasteiger partial charge is 0.259 e. The van der Waals surface area contributed by atoms with Crippen molar-refractivity contribution in [2.45, 2.75) is 6.54 Å². The van der Waals surface area contributed by atoms with Crippen molar-refractivity contribution < 1.29 is 0 Å². The van der Waals surface area contributed by atoms with E-state index < -0.39 is 0 Å². The van der Waals surface area contributed by atoms with Gasteiger partial charge in [-0.1, -0.05) is 22.0 Å². The molecule has 6 nitrogen and oxygen atoms in total. The molecule has 0 spiro atoms. The summed E-state index contributed by atoms with van der Waals surface area (Å²) in [5.41, 5.74) is 1.72. The van der Waals surface area contributed by atoms with Crippen molar-refractivity contribution >= 4 is 21.6 Å². The Morgan fingerprint density at radius 2 is 2.25 bits per heavy atom. The van der Waals surface area contributed by atoms with Crippen molar-refractivity contribution in [3.8, 4) is 6.07 Å². The molecular weight excluding hydrogens is 322 g/mol. The molecule has 0 aliphatic heterocycles. The van der Waals surface area contributed by atoms with Gasteiger partial charge in [0, 0.05) is 16.9 Å². The predicted molar refractivity (Wildman–Crippen MR) is 75.2 cm³/mol. The summed E-state index contributed by atoms with van der Waals surface area (Å²) in [6.45, 7) is 0.326. The lowest BCUT2D eigenvalue weighted by Crippen LogP contribution is -2.21. The number of nitrogens with zero attached hydrogens (tertiary/aromatic N) is 5. The Kier molecular flexibility index (Phi) is 3.08. The van der Waals surface area contributed by atoms with Crippen LogP contribution in [0.2, 0.25) is 0 Å². The molecular formula is C13H8BrN5O. The first kappa shape index (κ1) is 12.6. The topological polar surface area (TPSA) is 76.0 Å². The van der Waals surface area contributed by atoms with Crippen LogP contribution in [0.3, 0.4) is 0 Å². The Labute approximate surface area is 122 Å². The minimum absolute atomic E-state index is 0.223. The predicted octanol–water partition coefficient (Wildman–Crippen LogP) is 1.57. The number of halogens is 1. The van der Waals surface area contributed by atoms with Gasteiger partial charge in [0.25, 0.3) is 0 Å². The Balaban J connectivity index is 2.04. The van der Waals surface area contributed by atoms with Gasteiger partial charge in [-0.15, -0.1) is 5.10 Å². The number of fused-ring (bicyclic) bond motifs is 1. The molecule has 0 unspecified atom stereocenters. The van der Waals surface area contributed by atoms with Gasteiger partial charge in [-0.2, -0.15) is 5.26 Å². The highest BCUT2D eigenvalue weighted by molar-refractivity contribution is 9.10. The molecule has 0 fully saturated rings. The Hall–Kier alpha value is -2.46. The molecule has 3 rings (SSSR count). The second-order valence-electron chi connectivity index (χ2n) is 4.16.